The lowest BCUT2D eigenvalue weighted by atomic mass is 9.98. The maximum atomic E-state index is 12.6. The van der Waals surface area contributed by atoms with Crippen molar-refractivity contribution in [3.63, 3.8) is 0 Å². The van der Waals surface area contributed by atoms with Gasteiger partial charge in [-0.15, -0.1) is 0 Å². The number of carboxylic acid groups (broad SMARTS) is 1. The molecule has 3 rings (SSSR count). The topological polar surface area (TPSA) is 79.7 Å². The standard InChI is InChI=1S/C18H18N2O4/c21-17(20-10-4-5-13(12-20)18(22)23)16-11-15(8-9-19-16)24-14-6-2-1-3-7-14/h1-3,6-9,11,13H,4-5,10,12H2,(H,22,23)/t13-/m1/s1. The van der Waals surface area contributed by atoms with Crippen LogP contribution in [0.25, 0.3) is 0 Å². The Bertz CT molecular complexity index is 733. The van der Waals surface area contributed by atoms with Crippen LogP contribution >= 0.6 is 0 Å². The molecule has 0 bridgehead atoms. The van der Waals surface area contributed by atoms with Crippen molar-refractivity contribution in [3.05, 3.63) is 54.4 Å². The number of rotatable bonds is 4. The highest BCUT2D eigenvalue weighted by atomic mass is 16.5. The van der Waals surface area contributed by atoms with Crippen molar-refractivity contribution in [2.75, 3.05) is 13.1 Å². The predicted octanol–water partition coefficient (Wildman–Crippen LogP) is 2.81. The minimum atomic E-state index is -0.860. The second kappa shape index (κ2) is 7.12. The summed E-state index contributed by atoms with van der Waals surface area (Å²) in [7, 11) is 0. The number of amides is 1. The van der Waals surface area contributed by atoms with Crippen LogP contribution in [0.1, 0.15) is 23.3 Å². The van der Waals surface area contributed by atoms with E-state index in [-0.39, 0.29) is 18.1 Å². The van der Waals surface area contributed by atoms with E-state index in [0.29, 0.717) is 30.9 Å². The van der Waals surface area contributed by atoms with Crippen LogP contribution in [0.5, 0.6) is 11.5 Å². The number of ether oxygens (including phenoxy) is 1. The van der Waals surface area contributed by atoms with E-state index >= 15 is 0 Å². The predicted molar refractivity (Wildman–Crippen MR) is 87.0 cm³/mol. The molecule has 1 fully saturated rings. The van der Waals surface area contributed by atoms with Crippen LogP contribution in [-0.2, 0) is 4.79 Å². The van der Waals surface area contributed by atoms with E-state index in [1.54, 1.807) is 17.0 Å². The van der Waals surface area contributed by atoms with E-state index in [0.717, 1.165) is 0 Å². The third kappa shape index (κ3) is 3.71. The molecule has 6 nitrogen and oxygen atoms in total. The van der Waals surface area contributed by atoms with Gasteiger partial charge in [-0.25, -0.2) is 0 Å². The first-order chi connectivity index (χ1) is 11.6. The number of hydrogen-bond acceptors (Lipinski definition) is 4. The molecule has 2 heterocycles. The molecule has 1 amide bonds. The van der Waals surface area contributed by atoms with Crippen molar-refractivity contribution in [2.24, 2.45) is 5.92 Å². The van der Waals surface area contributed by atoms with Gasteiger partial charge in [0.05, 0.1) is 5.92 Å². The number of benzene rings is 1. The first-order valence-corrected chi connectivity index (χ1v) is 7.84. The number of pyridine rings is 1. The summed E-state index contributed by atoms with van der Waals surface area (Å²) in [6.45, 7) is 0.772. The average molecular weight is 326 g/mol. The van der Waals surface area contributed by atoms with Crippen molar-refractivity contribution in [1.82, 2.24) is 9.88 Å². The fourth-order valence-corrected chi connectivity index (χ4v) is 2.74. The minimum absolute atomic E-state index is 0.222. The minimum Gasteiger partial charge on any atom is -0.481 e. The number of carbonyl (C=O) groups excluding carboxylic acids is 1. The first-order valence-electron chi connectivity index (χ1n) is 7.84. The summed E-state index contributed by atoms with van der Waals surface area (Å²) in [4.78, 5) is 29.4. The van der Waals surface area contributed by atoms with Crippen LogP contribution in [0, 0.1) is 5.92 Å². The number of nitrogens with zero attached hydrogens (tertiary/aromatic N) is 2. The quantitative estimate of drug-likeness (QED) is 0.934. The zero-order chi connectivity index (χ0) is 16.9. The van der Waals surface area contributed by atoms with Crippen molar-refractivity contribution in [3.8, 4) is 11.5 Å². The molecule has 0 unspecified atom stereocenters. The van der Waals surface area contributed by atoms with Gasteiger partial charge in [-0.05, 0) is 31.0 Å². The lowest BCUT2D eigenvalue weighted by molar-refractivity contribution is -0.143. The van der Waals surface area contributed by atoms with Gasteiger partial charge in [0.15, 0.2) is 0 Å². The lowest BCUT2D eigenvalue weighted by Gasteiger charge is -2.30. The van der Waals surface area contributed by atoms with Gasteiger partial charge in [-0.1, -0.05) is 18.2 Å². The van der Waals surface area contributed by atoms with Gasteiger partial charge in [0.1, 0.15) is 17.2 Å². The van der Waals surface area contributed by atoms with Crippen LogP contribution in [-0.4, -0.2) is 40.0 Å². The summed E-state index contributed by atoms with van der Waals surface area (Å²) in [5.41, 5.74) is 0.259. The molecule has 0 spiro atoms. The van der Waals surface area contributed by atoms with Crippen molar-refractivity contribution >= 4 is 11.9 Å². The lowest BCUT2D eigenvalue weighted by Crippen LogP contribution is -2.42. The summed E-state index contributed by atoms with van der Waals surface area (Å²) in [5, 5.41) is 9.14. The van der Waals surface area contributed by atoms with Crippen LogP contribution < -0.4 is 4.74 Å². The monoisotopic (exact) mass is 326 g/mol. The van der Waals surface area contributed by atoms with Gasteiger partial charge in [-0.3, -0.25) is 14.6 Å². The van der Waals surface area contributed by atoms with Crippen LogP contribution in [0.2, 0.25) is 0 Å². The highest BCUT2D eigenvalue weighted by Crippen LogP contribution is 2.23. The van der Waals surface area contributed by atoms with E-state index in [2.05, 4.69) is 4.98 Å². The molecule has 1 aromatic heterocycles. The number of carboxylic acids is 1. The van der Waals surface area contributed by atoms with Gasteiger partial charge < -0.3 is 14.7 Å². The fraction of sp³-hybridized carbons (Fsp3) is 0.278. The van der Waals surface area contributed by atoms with E-state index in [1.807, 2.05) is 30.3 Å². The Kier molecular flexibility index (Phi) is 4.74. The van der Waals surface area contributed by atoms with Crippen molar-refractivity contribution in [2.45, 2.75) is 12.8 Å². The van der Waals surface area contributed by atoms with E-state index in [4.69, 9.17) is 9.84 Å². The largest absolute Gasteiger partial charge is 0.481 e. The summed E-state index contributed by atoms with van der Waals surface area (Å²) < 4.78 is 5.71. The van der Waals surface area contributed by atoms with Crippen molar-refractivity contribution in [1.29, 1.82) is 0 Å². The molecule has 1 aliphatic rings. The van der Waals surface area contributed by atoms with Crippen LogP contribution in [0.3, 0.4) is 0 Å². The molecule has 1 aromatic carbocycles. The Morgan fingerprint density at radius 2 is 1.96 bits per heavy atom. The number of hydrogen-bond donors (Lipinski definition) is 1. The Labute approximate surface area is 139 Å². The smallest absolute Gasteiger partial charge is 0.308 e. The molecule has 1 aliphatic heterocycles. The SMILES string of the molecule is O=C(O)[C@@H]1CCCN(C(=O)c2cc(Oc3ccccc3)ccn2)C1. The summed E-state index contributed by atoms with van der Waals surface area (Å²) in [6, 6.07) is 12.5. The average Bonchev–Trinajstić information content (AvgIpc) is 2.62. The Balaban J connectivity index is 1.73. The zero-order valence-electron chi connectivity index (χ0n) is 13.1. The molecule has 6 heteroatoms. The molecule has 1 N–H and O–H groups in total. The van der Waals surface area contributed by atoms with Crippen LogP contribution in [0.4, 0.5) is 0 Å². The maximum Gasteiger partial charge on any atom is 0.308 e. The number of carbonyl (C=O) groups is 2. The Morgan fingerprint density at radius 1 is 1.17 bits per heavy atom. The van der Waals surface area contributed by atoms with E-state index in [1.165, 1.54) is 6.20 Å². The number of piperidine rings is 1. The fourth-order valence-electron chi connectivity index (χ4n) is 2.74. The number of aliphatic carboxylic acids is 1. The zero-order valence-corrected chi connectivity index (χ0v) is 13.1. The van der Waals surface area contributed by atoms with Gasteiger partial charge in [0.25, 0.3) is 5.91 Å². The van der Waals surface area contributed by atoms with Gasteiger partial charge in [0.2, 0.25) is 0 Å². The van der Waals surface area contributed by atoms with Gasteiger partial charge in [0, 0.05) is 25.4 Å². The Hall–Kier alpha value is -2.89. The van der Waals surface area contributed by atoms with Gasteiger partial charge in [-0.2, -0.15) is 0 Å². The normalized spacial score (nSPS) is 17.3. The molecule has 0 aliphatic carbocycles. The van der Waals surface area contributed by atoms with Crippen molar-refractivity contribution < 1.29 is 19.4 Å². The molecule has 1 saturated heterocycles. The molecule has 2 aromatic rings. The second-order valence-electron chi connectivity index (χ2n) is 5.72. The van der Waals surface area contributed by atoms with E-state index < -0.39 is 11.9 Å². The molecule has 1 atom stereocenters. The molecule has 0 saturated carbocycles. The van der Waals surface area contributed by atoms with Gasteiger partial charge >= 0.3 is 5.97 Å². The number of aromatic nitrogens is 1. The highest BCUT2D eigenvalue weighted by molar-refractivity contribution is 5.93. The van der Waals surface area contributed by atoms with E-state index in [9.17, 15) is 9.59 Å². The Morgan fingerprint density at radius 3 is 2.71 bits per heavy atom. The summed E-state index contributed by atoms with van der Waals surface area (Å²) in [5.74, 6) is -0.440. The molecule has 24 heavy (non-hydrogen) atoms. The summed E-state index contributed by atoms with van der Waals surface area (Å²) >= 11 is 0. The molecular formula is C18H18N2O4. The first kappa shape index (κ1) is 16.0. The summed E-state index contributed by atoms with van der Waals surface area (Å²) in [6.07, 6.45) is 2.80. The third-order valence-electron chi connectivity index (χ3n) is 3.99. The molecule has 124 valence electrons. The number of likely N-dealkylation sites (tertiary alicyclic amines) is 1. The second-order valence-corrected chi connectivity index (χ2v) is 5.72. The highest BCUT2D eigenvalue weighted by Gasteiger charge is 2.29. The maximum absolute atomic E-state index is 12.6. The third-order valence-corrected chi connectivity index (χ3v) is 3.99. The molecular weight excluding hydrogens is 308 g/mol. The number of para-hydroxylation sites is 1. The van der Waals surface area contributed by atoms with Crippen LogP contribution in [0.15, 0.2) is 48.7 Å². The molecule has 0 radical (unpaired) electrons.